The molecule has 0 saturated heterocycles. The first-order valence-electron chi connectivity index (χ1n) is 9.11. The van der Waals surface area contributed by atoms with Gasteiger partial charge in [-0.2, -0.15) is 5.10 Å². The SMILES string of the molecule is CN(C)CCOc1ccc(NC2=NC=CN3CC(c4cn[nH]c4)=CN=C23)cc1. The van der Waals surface area contributed by atoms with E-state index < -0.39 is 0 Å². The lowest BCUT2D eigenvalue weighted by Crippen LogP contribution is -2.40. The van der Waals surface area contributed by atoms with Crippen LogP contribution in [0, 0.1) is 0 Å². The van der Waals surface area contributed by atoms with E-state index in [-0.39, 0.29) is 0 Å². The van der Waals surface area contributed by atoms with E-state index in [4.69, 9.17) is 4.74 Å². The molecule has 0 atom stereocenters. The molecule has 2 aliphatic heterocycles. The monoisotopic (exact) mass is 377 g/mol. The van der Waals surface area contributed by atoms with Crippen LogP contribution in [0.1, 0.15) is 5.56 Å². The van der Waals surface area contributed by atoms with Gasteiger partial charge in [-0.05, 0) is 38.4 Å². The van der Waals surface area contributed by atoms with Gasteiger partial charge in [-0.25, -0.2) is 9.98 Å². The molecule has 28 heavy (non-hydrogen) atoms. The van der Waals surface area contributed by atoms with Crippen molar-refractivity contribution in [3.05, 3.63) is 60.8 Å². The maximum Gasteiger partial charge on any atom is 0.176 e. The van der Waals surface area contributed by atoms with E-state index in [1.165, 1.54) is 0 Å². The van der Waals surface area contributed by atoms with E-state index in [1.54, 1.807) is 12.4 Å². The molecular weight excluding hydrogens is 354 g/mol. The second-order valence-corrected chi connectivity index (χ2v) is 6.80. The van der Waals surface area contributed by atoms with E-state index in [2.05, 4.69) is 35.3 Å². The van der Waals surface area contributed by atoms with Crippen LogP contribution in [0.15, 0.2) is 65.2 Å². The van der Waals surface area contributed by atoms with Gasteiger partial charge in [0.25, 0.3) is 0 Å². The summed E-state index contributed by atoms with van der Waals surface area (Å²) in [5, 5.41) is 10.2. The number of nitrogens with zero attached hydrogens (tertiary/aromatic N) is 5. The number of benzene rings is 1. The number of rotatable bonds is 6. The smallest absolute Gasteiger partial charge is 0.176 e. The van der Waals surface area contributed by atoms with Crippen LogP contribution in [0.3, 0.4) is 0 Å². The number of ether oxygens (including phenoxy) is 1. The summed E-state index contributed by atoms with van der Waals surface area (Å²) >= 11 is 0. The molecule has 1 aromatic heterocycles. The van der Waals surface area contributed by atoms with Crippen molar-refractivity contribution in [1.82, 2.24) is 20.0 Å². The van der Waals surface area contributed by atoms with Crippen LogP contribution in [-0.2, 0) is 0 Å². The Hall–Kier alpha value is -3.39. The number of H-pyrrole nitrogens is 1. The lowest BCUT2D eigenvalue weighted by Gasteiger charge is -2.29. The van der Waals surface area contributed by atoms with E-state index in [0.29, 0.717) is 19.0 Å². The normalized spacial score (nSPS) is 15.7. The largest absolute Gasteiger partial charge is 0.492 e. The molecule has 3 heterocycles. The molecule has 0 aliphatic carbocycles. The third kappa shape index (κ3) is 4.12. The Morgan fingerprint density at radius 2 is 2.07 bits per heavy atom. The average Bonchev–Trinajstić information content (AvgIpc) is 3.24. The molecule has 0 bridgehead atoms. The molecule has 1 aromatic carbocycles. The van der Waals surface area contributed by atoms with E-state index in [1.807, 2.05) is 57.0 Å². The minimum atomic E-state index is 0.661. The maximum atomic E-state index is 5.74. The average molecular weight is 377 g/mol. The molecule has 0 unspecified atom stereocenters. The van der Waals surface area contributed by atoms with Crippen LogP contribution < -0.4 is 10.1 Å². The lowest BCUT2D eigenvalue weighted by atomic mass is 10.1. The zero-order chi connectivity index (χ0) is 19.3. The number of aromatic amines is 1. The first-order chi connectivity index (χ1) is 13.7. The van der Waals surface area contributed by atoms with E-state index >= 15 is 0 Å². The molecule has 0 fully saturated rings. The molecule has 2 aliphatic rings. The van der Waals surface area contributed by atoms with Crippen molar-refractivity contribution in [3.8, 4) is 5.75 Å². The second-order valence-electron chi connectivity index (χ2n) is 6.80. The molecule has 8 heteroatoms. The third-order valence-electron chi connectivity index (χ3n) is 4.41. The molecule has 0 amide bonds. The minimum absolute atomic E-state index is 0.661. The summed E-state index contributed by atoms with van der Waals surface area (Å²) in [7, 11) is 4.06. The first kappa shape index (κ1) is 18.0. The highest BCUT2D eigenvalue weighted by Crippen LogP contribution is 2.22. The van der Waals surface area contributed by atoms with Gasteiger partial charge in [0.15, 0.2) is 11.7 Å². The summed E-state index contributed by atoms with van der Waals surface area (Å²) in [4.78, 5) is 13.2. The summed E-state index contributed by atoms with van der Waals surface area (Å²) in [6, 6.07) is 7.86. The van der Waals surface area contributed by atoms with Gasteiger partial charge in [0, 0.05) is 48.2 Å². The predicted octanol–water partition coefficient (Wildman–Crippen LogP) is 2.40. The number of hydrogen-bond acceptors (Lipinski definition) is 7. The van der Waals surface area contributed by atoms with Gasteiger partial charge >= 0.3 is 0 Å². The van der Waals surface area contributed by atoms with Gasteiger partial charge in [-0.3, -0.25) is 5.10 Å². The molecular formula is C20H23N7O. The highest BCUT2D eigenvalue weighted by molar-refractivity contribution is 6.45. The van der Waals surface area contributed by atoms with Crippen molar-refractivity contribution >= 4 is 22.9 Å². The highest BCUT2D eigenvalue weighted by atomic mass is 16.5. The van der Waals surface area contributed by atoms with Crippen molar-refractivity contribution < 1.29 is 4.74 Å². The number of likely N-dealkylation sites (N-methyl/N-ethyl adjacent to an activating group) is 1. The summed E-state index contributed by atoms with van der Waals surface area (Å²) in [6.45, 7) is 2.26. The van der Waals surface area contributed by atoms with Crippen molar-refractivity contribution in [2.45, 2.75) is 0 Å². The second kappa shape index (κ2) is 8.10. The third-order valence-corrected chi connectivity index (χ3v) is 4.41. The van der Waals surface area contributed by atoms with Gasteiger partial charge in [0.1, 0.15) is 12.4 Å². The van der Waals surface area contributed by atoms with Crippen LogP contribution in [0.5, 0.6) is 5.75 Å². The van der Waals surface area contributed by atoms with Crippen LogP contribution in [0.4, 0.5) is 5.69 Å². The zero-order valence-electron chi connectivity index (χ0n) is 16.0. The summed E-state index contributed by atoms with van der Waals surface area (Å²) in [5.74, 6) is 2.36. The van der Waals surface area contributed by atoms with Gasteiger partial charge in [0.05, 0.1) is 12.7 Å². The van der Waals surface area contributed by atoms with Crippen molar-refractivity contribution in [3.63, 3.8) is 0 Å². The molecule has 0 spiro atoms. The number of amidine groups is 2. The fourth-order valence-electron chi connectivity index (χ4n) is 2.88. The highest BCUT2D eigenvalue weighted by Gasteiger charge is 2.23. The van der Waals surface area contributed by atoms with Gasteiger partial charge in [0.2, 0.25) is 0 Å². The maximum absolute atomic E-state index is 5.74. The van der Waals surface area contributed by atoms with Crippen LogP contribution in [0.2, 0.25) is 0 Å². The summed E-state index contributed by atoms with van der Waals surface area (Å²) in [6.07, 6.45) is 9.25. The Labute approximate surface area is 163 Å². The summed E-state index contributed by atoms with van der Waals surface area (Å²) in [5.41, 5.74) is 3.07. The zero-order valence-corrected chi connectivity index (χ0v) is 16.0. The predicted molar refractivity (Wildman–Crippen MR) is 111 cm³/mol. The summed E-state index contributed by atoms with van der Waals surface area (Å²) < 4.78 is 5.74. The molecule has 2 aromatic rings. The van der Waals surface area contributed by atoms with E-state index in [9.17, 15) is 0 Å². The number of aliphatic imine (C=N–C) groups is 2. The Kier molecular flexibility index (Phi) is 5.20. The van der Waals surface area contributed by atoms with Gasteiger partial charge < -0.3 is 19.9 Å². The Morgan fingerprint density at radius 3 is 2.82 bits per heavy atom. The fraction of sp³-hybridized carbons (Fsp3) is 0.250. The molecule has 0 saturated carbocycles. The van der Waals surface area contributed by atoms with Crippen LogP contribution >= 0.6 is 0 Å². The van der Waals surface area contributed by atoms with Gasteiger partial charge in [-0.1, -0.05) is 0 Å². The Balaban J connectivity index is 1.43. The van der Waals surface area contributed by atoms with E-state index in [0.717, 1.165) is 35.0 Å². The Bertz CT molecular complexity index is 924. The molecule has 0 radical (unpaired) electrons. The van der Waals surface area contributed by atoms with Crippen LogP contribution in [-0.4, -0.2) is 65.5 Å². The number of anilines is 1. The first-order valence-corrected chi connectivity index (χ1v) is 9.11. The van der Waals surface area contributed by atoms with Crippen molar-refractivity contribution in [2.75, 3.05) is 39.1 Å². The topological polar surface area (TPSA) is 81.1 Å². The molecule has 4 rings (SSSR count). The fourth-order valence-corrected chi connectivity index (χ4v) is 2.88. The number of aromatic nitrogens is 2. The van der Waals surface area contributed by atoms with Crippen molar-refractivity contribution in [2.24, 2.45) is 9.98 Å². The minimum Gasteiger partial charge on any atom is -0.492 e. The number of fused-ring (bicyclic) bond motifs is 1. The quantitative estimate of drug-likeness (QED) is 0.808. The molecule has 144 valence electrons. The Morgan fingerprint density at radius 1 is 1.21 bits per heavy atom. The van der Waals surface area contributed by atoms with Crippen molar-refractivity contribution in [1.29, 1.82) is 0 Å². The number of hydrogen-bond donors (Lipinski definition) is 2. The van der Waals surface area contributed by atoms with Gasteiger partial charge in [-0.15, -0.1) is 0 Å². The lowest BCUT2D eigenvalue weighted by molar-refractivity contribution is 0.261. The molecule has 2 N–H and O–H groups in total. The molecule has 8 nitrogen and oxygen atoms in total. The van der Waals surface area contributed by atoms with Crippen LogP contribution in [0.25, 0.3) is 5.57 Å². The standard InChI is InChI=1S/C20H23N7O/c1-26(2)9-10-28-18-5-3-17(4-6-18)25-19-20-22-11-16(15-12-23-24-13-15)14-27(20)8-7-21-19/h3-8,11-13H,9-10,14H2,1-2H3,(H,21,25)(H,23,24). The number of nitrogens with one attached hydrogen (secondary N) is 2.